The summed E-state index contributed by atoms with van der Waals surface area (Å²) in [5.41, 5.74) is 0.919. The van der Waals surface area contributed by atoms with E-state index in [4.69, 9.17) is 4.74 Å². The second-order valence-corrected chi connectivity index (χ2v) is 4.47. The molecule has 0 unspecified atom stereocenters. The number of hydrogen-bond donors (Lipinski definition) is 0. The summed E-state index contributed by atoms with van der Waals surface area (Å²) in [5.74, 6) is 1.24. The molecular formula is C12H17FOS. The van der Waals surface area contributed by atoms with E-state index in [1.54, 1.807) is 6.07 Å². The van der Waals surface area contributed by atoms with Crippen LogP contribution in [-0.2, 0) is 0 Å². The molecule has 84 valence electrons. The van der Waals surface area contributed by atoms with Crippen molar-refractivity contribution in [3.05, 3.63) is 29.6 Å². The minimum atomic E-state index is -0.264. The molecule has 0 saturated carbocycles. The first-order chi connectivity index (χ1) is 7.24. The molecule has 0 aliphatic rings. The van der Waals surface area contributed by atoms with E-state index in [1.165, 1.54) is 6.07 Å². The van der Waals surface area contributed by atoms with Crippen LogP contribution in [-0.4, -0.2) is 18.6 Å². The molecule has 0 spiro atoms. The van der Waals surface area contributed by atoms with E-state index in [9.17, 15) is 4.39 Å². The normalized spacial score (nSPS) is 10.3. The highest BCUT2D eigenvalue weighted by atomic mass is 32.2. The summed E-state index contributed by atoms with van der Waals surface area (Å²) in [6.45, 7) is 2.46. The molecule has 1 aromatic rings. The summed E-state index contributed by atoms with van der Waals surface area (Å²) in [5, 5.41) is 0. The van der Waals surface area contributed by atoms with Gasteiger partial charge in [0.15, 0.2) is 11.6 Å². The molecule has 0 atom stereocenters. The van der Waals surface area contributed by atoms with E-state index in [0.717, 1.165) is 24.2 Å². The van der Waals surface area contributed by atoms with Crippen molar-refractivity contribution in [3.8, 4) is 5.75 Å². The average Bonchev–Trinajstić information content (AvgIpc) is 2.20. The summed E-state index contributed by atoms with van der Waals surface area (Å²) < 4.78 is 18.7. The number of aryl methyl sites for hydroxylation is 1. The Morgan fingerprint density at radius 1 is 1.33 bits per heavy atom. The zero-order valence-electron chi connectivity index (χ0n) is 9.25. The first-order valence-electron chi connectivity index (χ1n) is 5.12. The van der Waals surface area contributed by atoms with Crippen LogP contribution in [0.2, 0.25) is 0 Å². The molecule has 1 rings (SSSR count). The number of halogens is 1. The van der Waals surface area contributed by atoms with Gasteiger partial charge in [-0.1, -0.05) is 6.07 Å². The molecule has 0 N–H and O–H groups in total. The number of thioether (sulfide) groups is 1. The van der Waals surface area contributed by atoms with Crippen LogP contribution in [0.3, 0.4) is 0 Å². The molecule has 0 heterocycles. The molecule has 0 radical (unpaired) electrons. The summed E-state index contributed by atoms with van der Waals surface area (Å²) in [4.78, 5) is 0. The van der Waals surface area contributed by atoms with Crippen molar-refractivity contribution >= 4 is 11.8 Å². The number of unbranched alkanes of at least 4 members (excludes halogenated alkanes) is 1. The van der Waals surface area contributed by atoms with Crippen LogP contribution in [0.25, 0.3) is 0 Å². The number of benzene rings is 1. The van der Waals surface area contributed by atoms with Crippen LogP contribution in [0.1, 0.15) is 18.4 Å². The highest BCUT2D eigenvalue weighted by molar-refractivity contribution is 7.98. The van der Waals surface area contributed by atoms with Crippen LogP contribution in [0, 0.1) is 12.7 Å². The smallest absolute Gasteiger partial charge is 0.165 e. The molecule has 0 aliphatic carbocycles. The Morgan fingerprint density at radius 3 is 2.80 bits per heavy atom. The Bertz CT molecular complexity index is 302. The standard InChI is InChI=1S/C12H17FOS/c1-10-5-6-12(11(13)9-10)14-7-3-4-8-15-2/h5-6,9H,3-4,7-8H2,1-2H3. The van der Waals surface area contributed by atoms with E-state index in [1.807, 2.05) is 24.8 Å². The lowest BCUT2D eigenvalue weighted by Crippen LogP contribution is -1.99. The molecule has 0 amide bonds. The third-order valence-electron chi connectivity index (χ3n) is 2.09. The fourth-order valence-electron chi connectivity index (χ4n) is 1.25. The van der Waals surface area contributed by atoms with Crippen molar-refractivity contribution < 1.29 is 9.13 Å². The molecule has 1 aromatic carbocycles. The van der Waals surface area contributed by atoms with Gasteiger partial charge in [-0.05, 0) is 49.5 Å². The lowest BCUT2D eigenvalue weighted by Gasteiger charge is -2.07. The Hall–Kier alpha value is -0.700. The largest absolute Gasteiger partial charge is 0.491 e. The van der Waals surface area contributed by atoms with Crippen LogP contribution in [0.15, 0.2) is 18.2 Å². The van der Waals surface area contributed by atoms with Crippen molar-refractivity contribution in [1.29, 1.82) is 0 Å². The van der Waals surface area contributed by atoms with E-state index < -0.39 is 0 Å². The van der Waals surface area contributed by atoms with Crippen LogP contribution >= 0.6 is 11.8 Å². The molecule has 15 heavy (non-hydrogen) atoms. The van der Waals surface area contributed by atoms with Gasteiger partial charge in [0.1, 0.15) is 0 Å². The van der Waals surface area contributed by atoms with Gasteiger partial charge in [-0.2, -0.15) is 11.8 Å². The Balaban J connectivity index is 2.31. The number of hydrogen-bond acceptors (Lipinski definition) is 2. The maximum atomic E-state index is 13.3. The molecule has 0 saturated heterocycles. The molecule has 0 fully saturated rings. The summed E-state index contributed by atoms with van der Waals surface area (Å²) in [6.07, 6.45) is 4.18. The third-order valence-corrected chi connectivity index (χ3v) is 2.78. The van der Waals surface area contributed by atoms with Crippen molar-refractivity contribution in [3.63, 3.8) is 0 Å². The monoisotopic (exact) mass is 228 g/mol. The topological polar surface area (TPSA) is 9.23 Å². The lowest BCUT2D eigenvalue weighted by molar-refractivity contribution is 0.294. The highest BCUT2D eigenvalue weighted by Gasteiger charge is 2.02. The second kappa shape index (κ2) is 6.72. The van der Waals surface area contributed by atoms with Crippen LogP contribution in [0.5, 0.6) is 5.75 Å². The van der Waals surface area contributed by atoms with Gasteiger partial charge in [-0.25, -0.2) is 4.39 Å². The van der Waals surface area contributed by atoms with E-state index in [0.29, 0.717) is 12.4 Å². The molecular weight excluding hydrogens is 211 g/mol. The molecule has 0 aromatic heterocycles. The molecule has 0 bridgehead atoms. The zero-order valence-corrected chi connectivity index (χ0v) is 10.1. The van der Waals surface area contributed by atoms with Gasteiger partial charge < -0.3 is 4.74 Å². The number of rotatable bonds is 6. The van der Waals surface area contributed by atoms with Gasteiger partial charge in [0.25, 0.3) is 0 Å². The Morgan fingerprint density at radius 2 is 2.13 bits per heavy atom. The van der Waals surface area contributed by atoms with Gasteiger partial charge >= 0.3 is 0 Å². The second-order valence-electron chi connectivity index (χ2n) is 3.48. The fourth-order valence-corrected chi connectivity index (χ4v) is 1.75. The minimum absolute atomic E-state index is 0.264. The number of ether oxygens (including phenoxy) is 1. The summed E-state index contributed by atoms with van der Waals surface area (Å²) in [7, 11) is 0. The predicted molar refractivity (Wildman–Crippen MR) is 64.2 cm³/mol. The first-order valence-corrected chi connectivity index (χ1v) is 6.51. The van der Waals surface area contributed by atoms with Gasteiger partial charge in [0.05, 0.1) is 6.61 Å². The van der Waals surface area contributed by atoms with Crippen molar-refractivity contribution in [1.82, 2.24) is 0 Å². The van der Waals surface area contributed by atoms with Crippen LogP contribution < -0.4 is 4.74 Å². The highest BCUT2D eigenvalue weighted by Crippen LogP contribution is 2.18. The van der Waals surface area contributed by atoms with Gasteiger partial charge in [0.2, 0.25) is 0 Å². The van der Waals surface area contributed by atoms with Gasteiger partial charge in [0, 0.05) is 0 Å². The lowest BCUT2D eigenvalue weighted by atomic mass is 10.2. The summed E-state index contributed by atoms with van der Waals surface area (Å²) in [6, 6.07) is 5.05. The van der Waals surface area contributed by atoms with Crippen molar-refractivity contribution in [2.45, 2.75) is 19.8 Å². The average molecular weight is 228 g/mol. The van der Waals surface area contributed by atoms with Crippen molar-refractivity contribution in [2.24, 2.45) is 0 Å². The first kappa shape index (κ1) is 12.4. The van der Waals surface area contributed by atoms with Gasteiger partial charge in [-0.3, -0.25) is 0 Å². The van der Waals surface area contributed by atoms with E-state index in [2.05, 4.69) is 6.26 Å². The van der Waals surface area contributed by atoms with E-state index in [-0.39, 0.29) is 5.82 Å². The minimum Gasteiger partial charge on any atom is -0.491 e. The maximum Gasteiger partial charge on any atom is 0.165 e. The quantitative estimate of drug-likeness (QED) is 0.687. The molecule has 1 nitrogen and oxygen atoms in total. The van der Waals surface area contributed by atoms with Gasteiger partial charge in [-0.15, -0.1) is 0 Å². The Kier molecular flexibility index (Phi) is 5.54. The SMILES string of the molecule is CSCCCCOc1ccc(C)cc1F. The zero-order chi connectivity index (χ0) is 11.1. The van der Waals surface area contributed by atoms with E-state index >= 15 is 0 Å². The Labute approximate surface area is 95.0 Å². The maximum absolute atomic E-state index is 13.3. The van der Waals surface area contributed by atoms with Crippen molar-refractivity contribution in [2.75, 3.05) is 18.6 Å². The third kappa shape index (κ3) is 4.56. The molecule has 3 heteroatoms. The predicted octanol–water partition coefficient (Wildman–Crippen LogP) is 3.66. The molecule has 0 aliphatic heterocycles. The summed E-state index contributed by atoms with van der Waals surface area (Å²) >= 11 is 1.82. The fraction of sp³-hybridized carbons (Fsp3) is 0.500. The van der Waals surface area contributed by atoms with Crippen LogP contribution in [0.4, 0.5) is 4.39 Å².